The molecule has 0 unspecified atom stereocenters. The fourth-order valence-electron chi connectivity index (χ4n) is 1.23. The number of rotatable bonds is 3. The average Bonchev–Trinajstić information content (AvgIpc) is 1.78. The zero-order valence-electron chi connectivity index (χ0n) is 9.94. The van der Waals surface area contributed by atoms with Gasteiger partial charge < -0.3 is 0 Å². The van der Waals surface area contributed by atoms with E-state index in [4.69, 9.17) is 0 Å². The molecule has 0 aliphatic carbocycles. The smallest absolute Gasteiger partial charge is 0.0110 e. The predicted octanol–water partition coefficient (Wildman–Crippen LogP) is 4.47. The van der Waals surface area contributed by atoms with E-state index >= 15 is 0 Å². The first kappa shape index (κ1) is 13.1. The summed E-state index contributed by atoms with van der Waals surface area (Å²) in [4.78, 5) is 0. The largest absolute Gasteiger partial charge is 0.173 e. The van der Waals surface area contributed by atoms with Gasteiger partial charge in [-0.1, -0.05) is 46.3 Å². The summed E-state index contributed by atoms with van der Waals surface area (Å²) in [6.07, 6.45) is 4.58. The third-order valence-corrected chi connectivity index (χ3v) is 1.93. The van der Waals surface area contributed by atoms with E-state index in [1.165, 1.54) is 5.57 Å². The SMILES string of the molecule is C/C(=C\CC(C)(C)C)CC(C)(C)S. The van der Waals surface area contributed by atoms with Crippen molar-refractivity contribution in [2.45, 2.75) is 59.1 Å². The summed E-state index contributed by atoms with van der Waals surface area (Å²) in [6.45, 7) is 13.3. The van der Waals surface area contributed by atoms with Gasteiger partial charge >= 0.3 is 0 Å². The van der Waals surface area contributed by atoms with Crippen molar-refractivity contribution in [2.24, 2.45) is 5.41 Å². The van der Waals surface area contributed by atoms with E-state index in [1.54, 1.807) is 0 Å². The first-order valence-electron chi connectivity index (χ1n) is 4.98. The molecular formula is C12H24S. The molecule has 0 aromatic rings. The van der Waals surface area contributed by atoms with Gasteiger partial charge in [0.2, 0.25) is 0 Å². The zero-order chi connectivity index (χ0) is 10.7. The third kappa shape index (κ3) is 10.0. The fourth-order valence-corrected chi connectivity index (χ4v) is 1.48. The Hall–Kier alpha value is 0.0900. The van der Waals surface area contributed by atoms with E-state index < -0.39 is 0 Å². The molecule has 0 spiro atoms. The topological polar surface area (TPSA) is 0 Å². The monoisotopic (exact) mass is 200 g/mol. The minimum atomic E-state index is 0.123. The third-order valence-electron chi connectivity index (χ3n) is 1.77. The van der Waals surface area contributed by atoms with Crippen molar-refractivity contribution in [1.82, 2.24) is 0 Å². The Morgan fingerprint density at radius 2 is 1.62 bits per heavy atom. The molecule has 0 heterocycles. The van der Waals surface area contributed by atoms with E-state index in [0.717, 1.165) is 12.8 Å². The van der Waals surface area contributed by atoms with Crippen molar-refractivity contribution in [3.63, 3.8) is 0 Å². The number of thiol groups is 1. The second-order valence-electron chi connectivity index (χ2n) is 5.80. The summed E-state index contributed by atoms with van der Waals surface area (Å²) < 4.78 is 0.123. The van der Waals surface area contributed by atoms with Crippen LogP contribution in [-0.4, -0.2) is 4.75 Å². The zero-order valence-corrected chi connectivity index (χ0v) is 10.8. The van der Waals surface area contributed by atoms with Crippen LogP contribution in [0.4, 0.5) is 0 Å². The second kappa shape index (κ2) is 4.54. The molecular weight excluding hydrogens is 176 g/mol. The molecule has 1 heteroatoms. The first-order valence-corrected chi connectivity index (χ1v) is 5.43. The van der Waals surface area contributed by atoms with Gasteiger partial charge in [-0.15, -0.1) is 0 Å². The summed E-state index contributed by atoms with van der Waals surface area (Å²) in [6, 6.07) is 0. The predicted molar refractivity (Wildman–Crippen MR) is 65.5 cm³/mol. The van der Waals surface area contributed by atoms with Gasteiger partial charge in [-0.25, -0.2) is 0 Å². The van der Waals surface area contributed by atoms with Crippen molar-refractivity contribution in [3.8, 4) is 0 Å². The summed E-state index contributed by atoms with van der Waals surface area (Å²) in [7, 11) is 0. The Morgan fingerprint density at radius 3 is 1.92 bits per heavy atom. The molecule has 13 heavy (non-hydrogen) atoms. The maximum atomic E-state index is 4.52. The molecule has 0 aromatic carbocycles. The summed E-state index contributed by atoms with van der Waals surface area (Å²) in [5.74, 6) is 0. The molecule has 0 N–H and O–H groups in total. The van der Waals surface area contributed by atoms with E-state index in [0.29, 0.717) is 5.41 Å². The highest BCUT2D eigenvalue weighted by Gasteiger charge is 2.13. The van der Waals surface area contributed by atoms with Crippen LogP contribution in [0.5, 0.6) is 0 Å². The fraction of sp³-hybridized carbons (Fsp3) is 0.833. The van der Waals surface area contributed by atoms with E-state index in [9.17, 15) is 0 Å². The minimum Gasteiger partial charge on any atom is -0.173 e. The molecule has 78 valence electrons. The Bertz CT molecular complexity index is 176. The highest BCUT2D eigenvalue weighted by Crippen LogP contribution is 2.25. The van der Waals surface area contributed by atoms with E-state index in [2.05, 4.69) is 60.2 Å². The molecule has 0 bridgehead atoms. The lowest BCUT2D eigenvalue weighted by atomic mass is 9.90. The van der Waals surface area contributed by atoms with Gasteiger partial charge in [-0.05, 0) is 25.2 Å². The summed E-state index contributed by atoms with van der Waals surface area (Å²) >= 11 is 4.52. The van der Waals surface area contributed by atoms with Gasteiger partial charge in [-0.2, -0.15) is 12.6 Å². The summed E-state index contributed by atoms with van der Waals surface area (Å²) in [5.41, 5.74) is 1.86. The highest BCUT2D eigenvalue weighted by molar-refractivity contribution is 7.81. The van der Waals surface area contributed by atoms with Crippen LogP contribution in [0.3, 0.4) is 0 Å². The van der Waals surface area contributed by atoms with Crippen LogP contribution in [0.25, 0.3) is 0 Å². The van der Waals surface area contributed by atoms with Crippen molar-refractivity contribution >= 4 is 12.6 Å². The van der Waals surface area contributed by atoms with Crippen LogP contribution in [0.2, 0.25) is 0 Å². The van der Waals surface area contributed by atoms with Gasteiger partial charge in [0.15, 0.2) is 0 Å². The highest BCUT2D eigenvalue weighted by atomic mass is 32.1. The number of allylic oxidation sites excluding steroid dienone is 2. The summed E-state index contributed by atoms with van der Waals surface area (Å²) in [5, 5.41) is 0. The molecule has 0 nitrogen and oxygen atoms in total. The lowest BCUT2D eigenvalue weighted by Crippen LogP contribution is -2.11. The average molecular weight is 200 g/mol. The Kier molecular flexibility index (Phi) is 4.58. The van der Waals surface area contributed by atoms with Crippen molar-refractivity contribution in [3.05, 3.63) is 11.6 Å². The number of hydrogen-bond acceptors (Lipinski definition) is 1. The molecule has 0 saturated carbocycles. The van der Waals surface area contributed by atoms with Gasteiger partial charge in [-0.3, -0.25) is 0 Å². The Labute approximate surface area is 89.2 Å². The Morgan fingerprint density at radius 1 is 1.15 bits per heavy atom. The van der Waals surface area contributed by atoms with E-state index in [-0.39, 0.29) is 4.75 Å². The van der Waals surface area contributed by atoms with Gasteiger partial charge in [0.1, 0.15) is 0 Å². The molecule has 0 radical (unpaired) electrons. The van der Waals surface area contributed by atoms with Crippen LogP contribution in [0.1, 0.15) is 54.4 Å². The maximum Gasteiger partial charge on any atom is 0.0110 e. The van der Waals surface area contributed by atoms with E-state index in [1.807, 2.05) is 0 Å². The van der Waals surface area contributed by atoms with Crippen LogP contribution in [0, 0.1) is 5.41 Å². The normalized spacial score (nSPS) is 14.8. The van der Waals surface area contributed by atoms with Crippen LogP contribution >= 0.6 is 12.6 Å². The quantitative estimate of drug-likeness (QED) is 0.504. The van der Waals surface area contributed by atoms with Crippen LogP contribution < -0.4 is 0 Å². The van der Waals surface area contributed by atoms with Crippen molar-refractivity contribution in [1.29, 1.82) is 0 Å². The molecule has 0 atom stereocenters. The van der Waals surface area contributed by atoms with Gasteiger partial charge in [0.05, 0.1) is 0 Å². The standard InChI is InChI=1S/C12H24S/c1-10(9-12(5,6)13)7-8-11(2,3)4/h7,13H,8-9H2,1-6H3/b10-7+. The lowest BCUT2D eigenvalue weighted by Gasteiger charge is -2.19. The number of hydrogen-bond donors (Lipinski definition) is 1. The Balaban J connectivity index is 4.05. The van der Waals surface area contributed by atoms with Gasteiger partial charge in [0.25, 0.3) is 0 Å². The first-order chi connectivity index (χ1) is 5.60. The minimum absolute atomic E-state index is 0.123. The lowest BCUT2D eigenvalue weighted by molar-refractivity contribution is 0.419. The molecule has 0 fully saturated rings. The van der Waals surface area contributed by atoms with Crippen molar-refractivity contribution in [2.75, 3.05) is 0 Å². The van der Waals surface area contributed by atoms with Crippen molar-refractivity contribution < 1.29 is 0 Å². The molecule has 0 amide bonds. The molecule has 0 rings (SSSR count). The molecule has 0 aliphatic rings. The molecule has 0 aliphatic heterocycles. The van der Waals surface area contributed by atoms with Crippen LogP contribution in [0.15, 0.2) is 11.6 Å². The maximum absolute atomic E-state index is 4.52. The van der Waals surface area contributed by atoms with Gasteiger partial charge in [0, 0.05) is 4.75 Å². The molecule has 0 saturated heterocycles. The molecule has 0 aromatic heterocycles. The second-order valence-corrected chi connectivity index (χ2v) is 7.02. The van der Waals surface area contributed by atoms with Crippen LogP contribution in [-0.2, 0) is 0 Å².